The van der Waals surface area contributed by atoms with Gasteiger partial charge in [-0.3, -0.25) is 0 Å². The molecular formula is C27H38N7O3S+. The average molecular weight is 541 g/mol. The predicted octanol–water partition coefficient (Wildman–Crippen LogP) is 5.37. The van der Waals surface area contributed by atoms with E-state index in [2.05, 4.69) is 27.5 Å². The van der Waals surface area contributed by atoms with Gasteiger partial charge < -0.3 is 20.5 Å². The van der Waals surface area contributed by atoms with Crippen molar-refractivity contribution in [3.05, 3.63) is 30.1 Å². The van der Waals surface area contributed by atoms with Gasteiger partial charge >= 0.3 is 6.09 Å². The molecule has 1 saturated carbocycles. The lowest BCUT2D eigenvalue weighted by atomic mass is 9.93. The van der Waals surface area contributed by atoms with E-state index in [1.807, 2.05) is 39.0 Å². The van der Waals surface area contributed by atoms with E-state index in [0.717, 1.165) is 61.1 Å². The summed E-state index contributed by atoms with van der Waals surface area (Å²) in [4.78, 5) is 33.1. The van der Waals surface area contributed by atoms with Gasteiger partial charge in [-0.15, -0.1) is 0 Å². The molecule has 2 aliphatic rings. The van der Waals surface area contributed by atoms with Gasteiger partial charge in [0.1, 0.15) is 34.0 Å². The highest BCUT2D eigenvalue weighted by Gasteiger charge is 2.49. The number of hydrogen-bond donors (Lipinski definition) is 3. The van der Waals surface area contributed by atoms with E-state index in [1.165, 1.54) is 11.3 Å². The van der Waals surface area contributed by atoms with Crippen molar-refractivity contribution in [3.63, 3.8) is 0 Å². The average Bonchev–Trinajstić information content (AvgIpc) is 3.42. The number of amides is 1. The van der Waals surface area contributed by atoms with Crippen molar-refractivity contribution in [2.24, 2.45) is 0 Å². The first-order valence-corrected chi connectivity index (χ1v) is 14.3. The minimum Gasteiger partial charge on any atom is -0.414 e. The summed E-state index contributed by atoms with van der Waals surface area (Å²) in [5.41, 5.74) is 1.02. The number of ether oxygens (including phenoxy) is 1. The number of hydrogen-bond acceptors (Lipinski definition) is 10. The largest absolute Gasteiger partial charge is 0.517 e. The van der Waals surface area contributed by atoms with E-state index in [-0.39, 0.29) is 28.8 Å². The lowest BCUT2D eigenvalue weighted by molar-refractivity contribution is -0.882. The molecule has 0 bridgehead atoms. The highest BCUT2D eigenvalue weighted by Crippen LogP contribution is 2.34. The number of likely N-dealkylation sites (tertiary alicyclic amines) is 1. The number of anilines is 3. The second kappa shape index (κ2) is 10.7. The number of rotatable bonds is 6. The maximum atomic E-state index is 13.5. The van der Waals surface area contributed by atoms with E-state index in [1.54, 1.807) is 6.20 Å². The molecule has 3 aromatic rings. The van der Waals surface area contributed by atoms with Crippen LogP contribution in [0.5, 0.6) is 0 Å². The zero-order valence-corrected chi connectivity index (χ0v) is 23.4. The molecule has 0 radical (unpaired) electrons. The van der Waals surface area contributed by atoms with Gasteiger partial charge in [0.25, 0.3) is 0 Å². The van der Waals surface area contributed by atoms with Crippen molar-refractivity contribution >= 4 is 44.7 Å². The van der Waals surface area contributed by atoms with Crippen LogP contribution in [0.4, 0.5) is 21.7 Å². The maximum absolute atomic E-state index is 13.5. The minimum atomic E-state index is -0.567. The summed E-state index contributed by atoms with van der Waals surface area (Å²) in [6.45, 7) is 8.99. The molecule has 0 aromatic carbocycles. The number of carbonyl (C=O) groups excluding carboxylic acids is 1. The van der Waals surface area contributed by atoms with Crippen molar-refractivity contribution < 1.29 is 19.1 Å². The van der Waals surface area contributed by atoms with Crippen LogP contribution >= 0.6 is 11.3 Å². The Kier molecular flexibility index (Phi) is 7.52. The van der Waals surface area contributed by atoms with Crippen molar-refractivity contribution in [1.82, 2.24) is 19.9 Å². The number of quaternary nitrogens is 1. The summed E-state index contributed by atoms with van der Waals surface area (Å²) >= 11 is 1.46. The van der Waals surface area contributed by atoms with Gasteiger partial charge in [0.05, 0.1) is 18.7 Å². The molecular weight excluding hydrogens is 502 g/mol. The third-order valence-corrected chi connectivity index (χ3v) is 8.33. The molecule has 1 aliphatic carbocycles. The fourth-order valence-corrected chi connectivity index (χ4v) is 6.21. The molecule has 10 nitrogen and oxygen atoms in total. The monoisotopic (exact) mass is 540 g/mol. The molecule has 2 fully saturated rings. The Morgan fingerprint density at radius 2 is 1.97 bits per heavy atom. The number of pyridine rings is 1. The molecule has 1 amide bonds. The standard InChI is InChI=1S/C27H38N7O3S/c1-17-7-6-14-34(17,26(36)37-27(2,3)4)16-19-15-22(33-25-31-21-8-5-13-28-23(21)38-25)32-24(30-19)29-18-9-11-20(35)12-10-18/h5,8,13,15,17-18,20,35H,6-7,9-12,14,16H2,1-4H3,(H2,29,30,31,32,33)/q+1/t17-,18?,20?,34?/m1/s1. The van der Waals surface area contributed by atoms with Crippen LogP contribution in [0.25, 0.3) is 10.3 Å². The molecule has 38 heavy (non-hydrogen) atoms. The Morgan fingerprint density at radius 3 is 2.66 bits per heavy atom. The van der Waals surface area contributed by atoms with Gasteiger partial charge in [-0.2, -0.15) is 9.78 Å². The Morgan fingerprint density at radius 1 is 1.18 bits per heavy atom. The van der Waals surface area contributed by atoms with Crippen molar-refractivity contribution in [3.8, 4) is 0 Å². The highest BCUT2D eigenvalue weighted by molar-refractivity contribution is 7.21. The topological polar surface area (TPSA) is 122 Å². The molecule has 1 unspecified atom stereocenters. The zero-order valence-electron chi connectivity index (χ0n) is 22.6. The summed E-state index contributed by atoms with van der Waals surface area (Å²) in [6.07, 6.45) is 6.48. The fourth-order valence-electron chi connectivity index (χ4n) is 5.39. The van der Waals surface area contributed by atoms with Gasteiger partial charge in [-0.05, 0) is 65.5 Å². The van der Waals surface area contributed by atoms with Crippen LogP contribution in [0.1, 0.15) is 71.9 Å². The summed E-state index contributed by atoms with van der Waals surface area (Å²) < 4.78 is 6.12. The number of nitrogens with zero attached hydrogens (tertiary/aromatic N) is 5. The summed E-state index contributed by atoms with van der Waals surface area (Å²) in [6, 6.07) is 6.03. The van der Waals surface area contributed by atoms with E-state index in [0.29, 0.717) is 23.4 Å². The van der Waals surface area contributed by atoms with Gasteiger partial charge in [0.2, 0.25) is 5.95 Å². The first-order chi connectivity index (χ1) is 18.1. The minimum absolute atomic E-state index is 0.128. The van der Waals surface area contributed by atoms with Crippen LogP contribution in [0.2, 0.25) is 0 Å². The van der Waals surface area contributed by atoms with Gasteiger partial charge in [0.15, 0.2) is 5.13 Å². The quantitative estimate of drug-likeness (QED) is 0.354. The molecule has 1 aliphatic heterocycles. The molecule has 5 rings (SSSR count). The molecule has 2 atom stereocenters. The van der Waals surface area contributed by atoms with Crippen LogP contribution in [0.15, 0.2) is 24.4 Å². The molecule has 4 heterocycles. The summed E-state index contributed by atoms with van der Waals surface area (Å²) in [5, 5.41) is 17.5. The molecule has 3 N–H and O–H groups in total. The van der Waals surface area contributed by atoms with Gasteiger partial charge in [-0.1, -0.05) is 11.3 Å². The lowest BCUT2D eigenvalue weighted by Crippen LogP contribution is -2.56. The first kappa shape index (κ1) is 26.7. The van der Waals surface area contributed by atoms with Crippen LogP contribution in [0.3, 0.4) is 0 Å². The van der Waals surface area contributed by atoms with E-state index in [9.17, 15) is 9.90 Å². The number of aliphatic hydroxyl groups is 1. The molecule has 11 heteroatoms. The first-order valence-electron chi connectivity index (χ1n) is 13.5. The van der Waals surface area contributed by atoms with Crippen LogP contribution in [-0.2, 0) is 11.3 Å². The van der Waals surface area contributed by atoms with Gasteiger partial charge in [-0.25, -0.2) is 19.4 Å². The zero-order chi connectivity index (χ0) is 26.9. The second-order valence-electron chi connectivity index (χ2n) is 11.6. The second-order valence-corrected chi connectivity index (χ2v) is 12.6. The Hall–Kier alpha value is -2.89. The van der Waals surface area contributed by atoms with Crippen molar-refractivity contribution in [2.75, 3.05) is 17.2 Å². The summed E-state index contributed by atoms with van der Waals surface area (Å²) in [5.74, 6) is 1.13. The lowest BCUT2D eigenvalue weighted by Gasteiger charge is -2.36. The van der Waals surface area contributed by atoms with E-state index in [4.69, 9.17) is 14.7 Å². The predicted molar refractivity (Wildman–Crippen MR) is 148 cm³/mol. The highest BCUT2D eigenvalue weighted by atomic mass is 32.1. The molecule has 0 spiro atoms. The Bertz CT molecular complexity index is 1250. The molecule has 3 aromatic heterocycles. The smallest absolute Gasteiger partial charge is 0.414 e. The Labute approximate surface area is 227 Å². The Balaban J connectivity index is 1.46. The summed E-state index contributed by atoms with van der Waals surface area (Å²) in [7, 11) is 0. The number of carbonyl (C=O) groups is 1. The normalized spacial score (nSPS) is 25.9. The van der Waals surface area contributed by atoms with Crippen molar-refractivity contribution in [2.45, 2.75) is 96.6 Å². The molecule has 1 saturated heterocycles. The fraction of sp³-hybridized carbons (Fsp3) is 0.593. The number of fused-ring (bicyclic) bond motifs is 1. The van der Waals surface area contributed by atoms with Crippen LogP contribution in [-0.4, -0.2) is 66.0 Å². The number of aromatic nitrogens is 4. The number of aliphatic hydroxyl groups excluding tert-OH is 1. The third kappa shape index (κ3) is 6.05. The number of nitrogens with one attached hydrogen (secondary N) is 2. The van der Waals surface area contributed by atoms with Crippen molar-refractivity contribution in [1.29, 1.82) is 0 Å². The SMILES string of the molecule is C[C@@H]1CCC[N+]1(Cc1cc(Nc2nc3cccnc3s2)nc(NC2CCC(O)CC2)n1)C(=O)OC(C)(C)C. The van der Waals surface area contributed by atoms with E-state index < -0.39 is 5.60 Å². The van der Waals surface area contributed by atoms with E-state index >= 15 is 0 Å². The maximum Gasteiger partial charge on any atom is 0.517 e. The molecule has 204 valence electrons. The third-order valence-electron chi connectivity index (χ3n) is 7.43. The van der Waals surface area contributed by atoms with Crippen LogP contribution < -0.4 is 10.6 Å². The number of thiazole rings is 1. The van der Waals surface area contributed by atoms with Crippen LogP contribution in [0, 0.1) is 0 Å². The van der Waals surface area contributed by atoms with Gasteiger partial charge in [0, 0.05) is 31.1 Å².